The molecule has 10 atom stereocenters. The van der Waals surface area contributed by atoms with Crippen LogP contribution in [-0.4, -0.2) is 176 Å². The van der Waals surface area contributed by atoms with Crippen molar-refractivity contribution in [1.29, 1.82) is 0 Å². The van der Waals surface area contributed by atoms with Crippen molar-refractivity contribution in [3.05, 3.63) is 108 Å². The van der Waals surface area contributed by atoms with Crippen LogP contribution in [0.4, 0.5) is 4.79 Å². The van der Waals surface area contributed by atoms with Crippen LogP contribution in [0.5, 0.6) is 0 Å². The number of hydrazine groups is 1. The van der Waals surface area contributed by atoms with Gasteiger partial charge in [0.2, 0.25) is 53.2 Å². The zero-order valence-electron chi connectivity index (χ0n) is 49.2. The van der Waals surface area contributed by atoms with Crippen LogP contribution in [0.3, 0.4) is 0 Å². The number of hydrogen-bond donors (Lipinski definition) is 12. The molecule has 0 aromatic heterocycles. The van der Waals surface area contributed by atoms with Gasteiger partial charge < -0.3 is 68.7 Å². The number of amides is 12. The maximum absolute atomic E-state index is 14.0. The number of carbonyl (C=O) groups excluding carboxylic acids is 11. The predicted octanol–water partition coefficient (Wildman–Crippen LogP) is -1.39. The fourth-order valence-electron chi connectivity index (χ4n) is 9.85. The zero-order chi connectivity index (χ0) is 63.4. The highest BCUT2D eigenvalue weighted by Gasteiger charge is 2.42. The summed E-state index contributed by atoms with van der Waals surface area (Å²) in [6.07, 6.45) is -1.31. The van der Waals surface area contributed by atoms with E-state index in [1.165, 1.54) is 23.6 Å². The van der Waals surface area contributed by atoms with Crippen molar-refractivity contribution in [3.63, 3.8) is 0 Å². The summed E-state index contributed by atoms with van der Waals surface area (Å²) in [6.45, 7) is 8.38. The standard InChI is InChI=1S/C59H81N13O14/c1-33(2)47(66-53(80)42(30-46(75)76)65-57(84)49(36(6)73)68-54(81)43-24-17-27-71(43)58(85)48(34(3)4)67-52(79)40(60)28-37-18-10-7-11-19-37)56(83)62-31-45(74)70-26-16-25-44(70)55(82)69-72(32-39-22-14-9-15-23-39)59(86)63-35(5)51(78)64-41(50(61)77)29-38-20-12-8-13-21-38/h7-15,18-23,33-36,40-44,47-49,73H,16-17,24-32,60H2,1-6H3,(H2,61,77)(H,62,83)(H,63,86)(H,64,78)(H,65,84)(H,66,80)(H,67,79)(H,68,81)(H,69,82)(H,75,76)/t35-,36+,40-,41-,42-,43-,44-,47-,48-,49-/m0/s1. The Balaban J connectivity index is 1.19. The lowest BCUT2D eigenvalue weighted by Crippen LogP contribution is -2.62. The molecule has 14 N–H and O–H groups in total. The quantitative estimate of drug-likeness (QED) is 0.0373. The molecule has 0 saturated carbocycles. The number of nitrogens with two attached hydrogens (primary N) is 2. The maximum Gasteiger partial charge on any atom is 0.337 e. The van der Waals surface area contributed by atoms with Gasteiger partial charge in [-0.3, -0.25) is 58.2 Å². The average Bonchev–Trinajstić information content (AvgIpc) is 4.11. The summed E-state index contributed by atoms with van der Waals surface area (Å²) < 4.78 is 0. The summed E-state index contributed by atoms with van der Waals surface area (Å²) in [5.41, 5.74) is 16.5. The molecule has 12 amide bonds. The number of aliphatic hydroxyl groups is 1. The molecule has 27 nitrogen and oxygen atoms in total. The van der Waals surface area contributed by atoms with Gasteiger partial charge in [-0.15, -0.1) is 0 Å². The molecular weight excluding hydrogens is 1110 g/mol. The molecule has 0 radical (unpaired) electrons. The number of carboxylic acid groups (broad SMARTS) is 1. The first-order valence-corrected chi connectivity index (χ1v) is 28.6. The predicted molar refractivity (Wildman–Crippen MR) is 311 cm³/mol. The van der Waals surface area contributed by atoms with Crippen LogP contribution in [0.2, 0.25) is 0 Å². The third-order valence-corrected chi connectivity index (χ3v) is 14.7. The lowest BCUT2D eigenvalue weighted by molar-refractivity contribution is -0.144. The number of nitrogens with one attached hydrogen (secondary N) is 8. The number of aliphatic carboxylic acids is 1. The van der Waals surface area contributed by atoms with Gasteiger partial charge in [0.25, 0.3) is 5.91 Å². The van der Waals surface area contributed by atoms with E-state index in [9.17, 15) is 67.7 Å². The van der Waals surface area contributed by atoms with Gasteiger partial charge in [-0.1, -0.05) is 119 Å². The number of hydrogen-bond acceptors (Lipinski definition) is 14. The Hall–Kier alpha value is -8.98. The fraction of sp³-hybridized carbons (Fsp3) is 0.492. The first-order valence-electron chi connectivity index (χ1n) is 28.6. The molecule has 466 valence electrons. The lowest BCUT2D eigenvalue weighted by Gasteiger charge is -2.32. The number of urea groups is 1. The number of carboxylic acids is 1. The molecule has 2 aliphatic rings. The van der Waals surface area contributed by atoms with Crippen LogP contribution in [-0.2, 0) is 72.1 Å². The average molecular weight is 1200 g/mol. The van der Waals surface area contributed by atoms with Crippen LogP contribution in [0.25, 0.3) is 0 Å². The summed E-state index contributed by atoms with van der Waals surface area (Å²) in [5, 5.41) is 38.9. The third-order valence-electron chi connectivity index (χ3n) is 14.7. The SMILES string of the molecule is CC(C)[C@H](NC(=O)[C@H](CC(=O)O)NC(=O)[C@@H](NC(=O)[C@@H]1CCCN1C(=O)[C@@H](NC(=O)[C@@H](N)Cc1ccccc1)C(C)C)[C@@H](C)O)C(=O)NCC(=O)N1CCC[C@H]1C(=O)NN(Cc1ccccc1)C(=O)N[C@@H](C)C(=O)N[C@@H](Cc1ccccc1)C(N)=O. The van der Waals surface area contributed by atoms with Gasteiger partial charge in [-0.25, -0.2) is 9.80 Å². The van der Waals surface area contributed by atoms with E-state index in [0.717, 1.165) is 16.1 Å². The van der Waals surface area contributed by atoms with Crippen molar-refractivity contribution >= 4 is 71.1 Å². The number of carbonyl (C=O) groups is 12. The molecule has 2 aliphatic heterocycles. The molecule has 27 heteroatoms. The summed E-state index contributed by atoms with van der Waals surface area (Å²) >= 11 is 0. The molecule has 86 heavy (non-hydrogen) atoms. The molecule has 5 rings (SSSR count). The fourth-order valence-corrected chi connectivity index (χ4v) is 9.85. The lowest BCUT2D eigenvalue weighted by atomic mass is 10.00. The monoisotopic (exact) mass is 1200 g/mol. The number of likely N-dealkylation sites (tertiary alicyclic amines) is 2. The van der Waals surface area contributed by atoms with Crippen molar-refractivity contribution in [1.82, 2.24) is 57.5 Å². The Labute approximate surface area is 498 Å². The highest BCUT2D eigenvalue weighted by atomic mass is 16.4. The van der Waals surface area contributed by atoms with Crippen molar-refractivity contribution in [2.75, 3.05) is 19.6 Å². The molecule has 0 aliphatic carbocycles. The Morgan fingerprint density at radius 3 is 1.62 bits per heavy atom. The van der Waals surface area contributed by atoms with E-state index in [1.807, 2.05) is 18.2 Å². The number of aliphatic hydroxyl groups excluding tert-OH is 1. The Morgan fingerprint density at radius 1 is 0.570 bits per heavy atom. The second kappa shape index (κ2) is 32.3. The maximum atomic E-state index is 14.0. The van der Waals surface area contributed by atoms with Crippen LogP contribution >= 0.6 is 0 Å². The van der Waals surface area contributed by atoms with E-state index < -0.39 is 156 Å². The number of benzene rings is 3. The summed E-state index contributed by atoms with van der Waals surface area (Å²) in [7, 11) is 0. The second-order valence-corrected chi connectivity index (χ2v) is 22.2. The third kappa shape index (κ3) is 19.8. The zero-order valence-corrected chi connectivity index (χ0v) is 49.2. The highest BCUT2D eigenvalue weighted by molar-refractivity contribution is 5.99. The second-order valence-electron chi connectivity index (χ2n) is 22.2. The van der Waals surface area contributed by atoms with Gasteiger partial charge in [-0.05, 0) is 74.5 Å². The number of rotatable bonds is 28. The Kier molecular flexibility index (Phi) is 25.5. The van der Waals surface area contributed by atoms with E-state index in [1.54, 1.807) is 100 Å². The molecule has 2 saturated heterocycles. The number of primary amides is 1. The van der Waals surface area contributed by atoms with E-state index in [-0.39, 0.29) is 45.3 Å². The molecule has 3 aromatic rings. The molecule has 3 aromatic carbocycles. The van der Waals surface area contributed by atoms with Crippen molar-refractivity contribution in [3.8, 4) is 0 Å². The van der Waals surface area contributed by atoms with E-state index in [4.69, 9.17) is 11.5 Å². The van der Waals surface area contributed by atoms with Crippen LogP contribution in [0.1, 0.15) is 90.3 Å². The minimum Gasteiger partial charge on any atom is -0.481 e. The molecule has 2 heterocycles. The summed E-state index contributed by atoms with van der Waals surface area (Å²) in [5.74, 6) is -10.9. The Bertz CT molecular complexity index is 2880. The van der Waals surface area contributed by atoms with Gasteiger partial charge in [-0.2, -0.15) is 0 Å². The molecule has 0 spiro atoms. The normalized spacial score (nSPS) is 17.5. The van der Waals surface area contributed by atoms with Gasteiger partial charge in [0.15, 0.2) is 0 Å². The smallest absolute Gasteiger partial charge is 0.337 e. The first kappa shape index (κ1) is 67.8. The van der Waals surface area contributed by atoms with Crippen LogP contribution < -0.4 is 54.1 Å². The van der Waals surface area contributed by atoms with E-state index in [2.05, 4.69) is 42.6 Å². The summed E-state index contributed by atoms with van der Waals surface area (Å²) in [6, 6.07) is 13.8. The van der Waals surface area contributed by atoms with Gasteiger partial charge in [0.05, 0.1) is 31.7 Å². The minimum atomic E-state index is -1.88. The minimum absolute atomic E-state index is 0.0779. The molecular formula is C59H81N13O14. The van der Waals surface area contributed by atoms with Gasteiger partial charge in [0, 0.05) is 19.5 Å². The largest absolute Gasteiger partial charge is 0.481 e. The van der Waals surface area contributed by atoms with Crippen molar-refractivity contribution in [2.24, 2.45) is 23.3 Å². The molecule has 2 fully saturated rings. The molecule has 0 bridgehead atoms. The summed E-state index contributed by atoms with van der Waals surface area (Å²) in [4.78, 5) is 164. The topological polar surface area (TPSA) is 403 Å². The highest BCUT2D eigenvalue weighted by Crippen LogP contribution is 2.22. The number of nitrogens with zero attached hydrogens (tertiary/aromatic N) is 3. The van der Waals surface area contributed by atoms with Gasteiger partial charge in [0.1, 0.15) is 48.3 Å². The van der Waals surface area contributed by atoms with Crippen LogP contribution in [0, 0.1) is 11.8 Å². The van der Waals surface area contributed by atoms with Crippen molar-refractivity contribution < 1.29 is 67.7 Å². The Morgan fingerprint density at radius 2 is 1.08 bits per heavy atom. The van der Waals surface area contributed by atoms with Crippen LogP contribution in [0.15, 0.2) is 91.0 Å². The molecule has 0 unspecified atom stereocenters. The van der Waals surface area contributed by atoms with Gasteiger partial charge >= 0.3 is 12.0 Å². The van der Waals surface area contributed by atoms with Crippen molar-refractivity contribution in [2.45, 2.75) is 154 Å². The van der Waals surface area contributed by atoms with E-state index >= 15 is 0 Å². The van der Waals surface area contributed by atoms with E-state index in [0.29, 0.717) is 18.4 Å². The first-order chi connectivity index (χ1) is 40.7.